The molecule has 1 aliphatic carbocycles. The minimum Gasteiger partial charge on any atom is -0.374 e. The van der Waals surface area contributed by atoms with Crippen LogP contribution in [0.15, 0.2) is 18.2 Å². The second kappa shape index (κ2) is 5.97. The fourth-order valence-corrected chi connectivity index (χ4v) is 3.01. The average molecular weight is 269 g/mol. The summed E-state index contributed by atoms with van der Waals surface area (Å²) in [7, 11) is 0. The van der Waals surface area contributed by atoms with E-state index >= 15 is 0 Å². The molecule has 2 N–H and O–H groups in total. The normalized spacial score (nSPS) is 19.6. The van der Waals surface area contributed by atoms with Crippen LogP contribution in [0.5, 0.6) is 0 Å². The number of halogens is 2. The molecule has 1 aromatic rings. The first-order chi connectivity index (χ1) is 9.09. The summed E-state index contributed by atoms with van der Waals surface area (Å²) in [5.41, 5.74) is 6.20. The first kappa shape index (κ1) is 14.4. The zero-order valence-corrected chi connectivity index (χ0v) is 11.3. The van der Waals surface area contributed by atoms with Crippen LogP contribution in [0.4, 0.5) is 8.78 Å². The molecule has 0 amide bonds. The molecule has 1 unspecified atom stereocenters. The lowest BCUT2D eigenvalue weighted by molar-refractivity contribution is -0.0526. The minimum atomic E-state index is -0.818. The summed E-state index contributed by atoms with van der Waals surface area (Å²) in [6.07, 6.45) is 4.28. The highest BCUT2D eigenvalue weighted by atomic mass is 19.2. The first-order valence-electron chi connectivity index (χ1n) is 6.91. The highest BCUT2D eigenvalue weighted by Crippen LogP contribution is 2.36. The maximum Gasteiger partial charge on any atom is 0.162 e. The fraction of sp³-hybridized carbons (Fsp3) is 0.600. The largest absolute Gasteiger partial charge is 0.374 e. The van der Waals surface area contributed by atoms with Crippen molar-refractivity contribution in [2.24, 2.45) is 5.73 Å². The molecule has 1 atom stereocenters. The van der Waals surface area contributed by atoms with E-state index in [1.54, 1.807) is 6.07 Å². The molecule has 1 aromatic carbocycles. The first-order valence-corrected chi connectivity index (χ1v) is 6.91. The molecule has 0 aliphatic heterocycles. The Morgan fingerprint density at radius 1 is 1.32 bits per heavy atom. The van der Waals surface area contributed by atoms with Crippen molar-refractivity contribution in [1.82, 2.24) is 0 Å². The summed E-state index contributed by atoms with van der Waals surface area (Å²) >= 11 is 0. The molecular formula is C15H21F2NO. The van der Waals surface area contributed by atoms with Crippen molar-refractivity contribution in [3.63, 3.8) is 0 Å². The van der Waals surface area contributed by atoms with Gasteiger partial charge in [-0.2, -0.15) is 0 Å². The van der Waals surface area contributed by atoms with Gasteiger partial charge < -0.3 is 10.5 Å². The topological polar surface area (TPSA) is 35.2 Å². The van der Waals surface area contributed by atoms with Gasteiger partial charge in [-0.25, -0.2) is 8.78 Å². The van der Waals surface area contributed by atoms with Gasteiger partial charge >= 0.3 is 0 Å². The summed E-state index contributed by atoms with van der Waals surface area (Å²) < 4.78 is 32.7. The van der Waals surface area contributed by atoms with Gasteiger partial charge in [0.1, 0.15) is 0 Å². The third-order valence-electron chi connectivity index (χ3n) is 4.03. The van der Waals surface area contributed by atoms with Gasteiger partial charge in [-0.3, -0.25) is 0 Å². The Hall–Kier alpha value is -1.00. The molecular weight excluding hydrogens is 248 g/mol. The number of hydrogen-bond donors (Lipinski definition) is 1. The smallest absolute Gasteiger partial charge is 0.162 e. The van der Waals surface area contributed by atoms with E-state index in [9.17, 15) is 8.78 Å². The number of nitrogens with two attached hydrogens (primary N) is 1. The van der Waals surface area contributed by atoms with Crippen molar-refractivity contribution in [2.75, 3.05) is 6.61 Å². The molecule has 2 nitrogen and oxygen atoms in total. The van der Waals surface area contributed by atoms with E-state index in [1.165, 1.54) is 6.07 Å². The van der Waals surface area contributed by atoms with Crippen LogP contribution in [-0.2, 0) is 11.2 Å². The summed E-state index contributed by atoms with van der Waals surface area (Å²) in [4.78, 5) is 0. The van der Waals surface area contributed by atoms with Crippen LogP contribution in [0, 0.1) is 11.6 Å². The van der Waals surface area contributed by atoms with Crippen LogP contribution in [0.25, 0.3) is 0 Å². The lowest BCUT2D eigenvalue weighted by Gasteiger charge is -2.35. The summed E-state index contributed by atoms with van der Waals surface area (Å²) in [5.74, 6) is -1.61. The molecule has 0 radical (unpaired) electrons. The van der Waals surface area contributed by atoms with Crippen LogP contribution in [0.1, 0.15) is 38.2 Å². The second-order valence-corrected chi connectivity index (χ2v) is 5.23. The van der Waals surface area contributed by atoms with Crippen molar-refractivity contribution in [1.29, 1.82) is 0 Å². The maximum atomic E-state index is 13.7. The molecule has 106 valence electrons. The predicted octanol–water partition coefficient (Wildman–Crippen LogP) is 3.18. The van der Waals surface area contributed by atoms with Gasteiger partial charge in [0.05, 0.1) is 5.60 Å². The van der Waals surface area contributed by atoms with Crippen molar-refractivity contribution in [3.05, 3.63) is 35.4 Å². The molecule has 0 aromatic heterocycles. The molecule has 19 heavy (non-hydrogen) atoms. The van der Waals surface area contributed by atoms with Crippen molar-refractivity contribution < 1.29 is 13.5 Å². The number of ether oxygens (including phenoxy) is 1. The van der Waals surface area contributed by atoms with E-state index in [0.29, 0.717) is 18.6 Å². The van der Waals surface area contributed by atoms with E-state index in [2.05, 4.69) is 0 Å². The minimum absolute atomic E-state index is 0.300. The molecule has 0 saturated heterocycles. The SMILES string of the molecule is CCOC1(C(N)Cc2cccc(F)c2F)CCCC1. The van der Waals surface area contributed by atoms with Crippen LogP contribution >= 0.6 is 0 Å². The van der Waals surface area contributed by atoms with Gasteiger partial charge in [-0.1, -0.05) is 25.0 Å². The Morgan fingerprint density at radius 2 is 2.00 bits per heavy atom. The zero-order valence-electron chi connectivity index (χ0n) is 11.3. The second-order valence-electron chi connectivity index (χ2n) is 5.23. The van der Waals surface area contributed by atoms with Gasteiger partial charge in [0.25, 0.3) is 0 Å². The number of rotatable bonds is 5. The Balaban J connectivity index is 2.15. The third kappa shape index (κ3) is 2.95. The van der Waals surface area contributed by atoms with Crippen LogP contribution in [0.2, 0.25) is 0 Å². The maximum absolute atomic E-state index is 13.7. The van der Waals surface area contributed by atoms with Crippen LogP contribution in [0.3, 0.4) is 0 Å². The Labute approximate surface area is 112 Å². The average Bonchev–Trinajstić information content (AvgIpc) is 2.85. The van der Waals surface area contributed by atoms with Crippen LogP contribution in [-0.4, -0.2) is 18.2 Å². The van der Waals surface area contributed by atoms with Gasteiger partial charge in [-0.15, -0.1) is 0 Å². The van der Waals surface area contributed by atoms with Gasteiger partial charge in [0, 0.05) is 12.6 Å². The summed E-state index contributed by atoms with van der Waals surface area (Å²) in [6.45, 7) is 2.54. The molecule has 1 aliphatic rings. The van der Waals surface area contributed by atoms with Gasteiger partial charge in [0.2, 0.25) is 0 Å². The van der Waals surface area contributed by atoms with E-state index in [0.717, 1.165) is 31.7 Å². The van der Waals surface area contributed by atoms with Crippen molar-refractivity contribution >= 4 is 0 Å². The van der Waals surface area contributed by atoms with Crippen molar-refractivity contribution in [2.45, 2.75) is 50.7 Å². The standard InChI is InChI=1S/C15H21F2NO/c1-2-19-15(8-3-4-9-15)13(18)10-11-6-5-7-12(16)14(11)17/h5-7,13H,2-4,8-10,18H2,1H3. The monoisotopic (exact) mass is 269 g/mol. The molecule has 1 saturated carbocycles. The molecule has 1 fully saturated rings. The molecule has 0 bridgehead atoms. The quantitative estimate of drug-likeness (QED) is 0.891. The highest BCUT2D eigenvalue weighted by Gasteiger charge is 2.40. The van der Waals surface area contributed by atoms with E-state index in [-0.39, 0.29) is 11.6 Å². The molecule has 0 spiro atoms. The summed E-state index contributed by atoms with van der Waals surface area (Å²) in [5, 5.41) is 0. The zero-order chi connectivity index (χ0) is 13.9. The number of benzene rings is 1. The molecule has 0 heterocycles. The Kier molecular flexibility index (Phi) is 4.53. The Bertz CT molecular complexity index is 430. The van der Waals surface area contributed by atoms with E-state index < -0.39 is 11.6 Å². The van der Waals surface area contributed by atoms with Gasteiger partial charge in [0.15, 0.2) is 11.6 Å². The lowest BCUT2D eigenvalue weighted by Crippen LogP contribution is -2.49. The fourth-order valence-electron chi connectivity index (χ4n) is 3.01. The Morgan fingerprint density at radius 3 is 2.63 bits per heavy atom. The van der Waals surface area contributed by atoms with E-state index in [1.807, 2.05) is 6.92 Å². The van der Waals surface area contributed by atoms with E-state index in [4.69, 9.17) is 10.5 Å². The third-order valence-corrected chi connectivity index (χ3v) is 4.03. The summed E-state index contributed by atoms with van der Waals surface area (Å²) in [6, 6.07) is 3.93. The molecule has 2 rings (SSSR count). The lowest BCUT2D eigenvalue weighted by atomic mass is 9.88. The van der Waals surface area contributed by atoms with Crippen LogP contribution < -0.4 is 5.73 Å². The molecule has 4 heteroatoms. The van der Waals surface area contributed by atoms with Gasteiger partial charge in [-0.05, 0) is 37.8 Å². The highest BCUT2D eigenvalue weighted by molar-refractivity contribution is 5.21. The van der Waals surface area contributed by atoms with Crippen molar-refractivity contribution in [3.8, 4) is 0 Å². The predicted molar refractivity (Wildman–Crippen MR) is 70.9 cm³/mol. The number of hydrogen-bond acceptors (Lipinski definition) is 2.